The van der Waals surface area contributed by atoms with Gasteiger partial charge in [0.2, 0.25) is 0 Å². The Hall–Kier alpha value is -4.65. The molecule has 0 fully saturated rings. The van der Waals surface area contributed by atoms with E-state index < -0.39 is 17.7 Å². The summed E-state index contributed by atoms with van der Waals surface area (Å²) in [4.78, 5) is 39.7. The van der Waals surface area contributed by atoms with Crippen molar-refractivity contribution in [1.82, 2.24) is 4.90 Å². The zero-order valence-electron chi connectivity index (χ0n) is 18.8. The van der Waals surface area contributed by atoms with Crippen molar-refractivity contribution < 1.29 is 23.5 Å². The van der Waals surface area contributed by atoms with Gasteiger partial charge in [-0.1, -0.05) is 42.5 Å². The summed E-state index contributed by atoms with van der Waals surface area (Å²) in [5, 5.41) is 2.85. The molecule has 35 heavy (non-hydrogen) atoms. The van der Waals surface area contributed by atoms with E-state index in [0.717, 1.165) is 16.9 Å². The molecule has 5 rings (SSSR count). The van der Waals surface area contributed by atoms with Gasteiger partial charge in [0.15, 0.2) is 0 Å². The second-order valence-corrected chi connectivity index (χ2v) is 8.07. The first-order chi connectivity index (χ1) is 17.1. The third-order valence-corrected chi connectivity index (χ3v) is 5.75. The van der Waals surface area contributed by atoms with Gasteiger partial charge in [-0.15, -0.1) is 0 Å². The van der Waals surface area contributed by atoms with E-state index in [1.807, 2.05) is 36.4 Å². The lowest BCUT2D eigenvalue weighted by atomic mass is 10.1. The van der Waals surface area contributed by atoms with Crippen molar-refractivity contribution >= 4 is 23.4 Å². The normalized spacial score (nSPS) is 12.5. The van der Waals surface area contributed by atoms with Crippen LogP contribution < -0.4 is 10.1 Å². The highest BCUT2D eigenvalue weighted by Gasteiger charge is 2.36. The van der Waals surface area contributed by atoms with Crippen LogP contribution in [0.4, 0.5) is 5.69 Å². The summed E-state index contributed by atoms with van der Waals surface area (Å²) in [5.41, 5.74) is 2.41. The van der Waals surface area contributed by atoms with Crippen LogP contribution in [-0.4, -0.2) is 29.2 Å². The number of hydrogen-bond donors (Lipinski definition) is 1. The van der Waals surface area contributed by atoms with Gasteiger partial charge in [-0.3, -0.25) is 19.3 Å². The van der Waals surface area contributed by atoms with Crippen molar-refractivity contribution in [1.29, 1.82) is 0 Å². The molecular formula is C28H22N2O5. The van der Waals surface area contributed by atoms with Crippen LogP contribution in [0, 0.1) is 0 Å². The number of rotatable bonds is 8. The first kappa shape index (κ1) is 22.2. The average Bonchev–Trinajstić information content (AvgIpc) is 3.48. The maximum absolute atomic E-state index is 13.0. The molecular weight excluding hydrogens is 444 g/mol. The maximum atomic E-state index is 13.0. The molecule has 0 spiro atoms. The Morgan fingerprint density at radius 3 is 2.43 bits per heavy atom. The van der Waals surface area contributed by atoms with E-state index in [2.05, 4.69) is 5.32 Å². The molecule has 0 unspecified atom stereocenters. The van der Waals surface area contributed by atoms with Gasteiger partial charge in [0.1, 0.15) is 11.5 Å². The van der Waals surface area contributed by atoms with Gasteiger partial charge in [-0.2, -0.15) is 0 Å². The van der Waals surface area contributed by atoms with E-state index in [0.29, 0.717) is 23.8 Å². The third kappa shape index (κ3) is 4.70. The van der Waals surface area contributed by atoms with Crippen molar-refractivity contribution in [3.05, 3.63) is 119 Å². The number of fused-ring (bicyclic) bond motifs is 1. The van der Waals surface area contributed by atoms with Crippen LogP contribution in [-0.2, 0) is 13.0 Å². The summed E-state index contributed by atoms with van der Waals surface area (Å²) < 4.78 is 11.2. The Morgan fingerprint density at radius 1 is 0.857 bits per heavy atom. The van der Waals surface area contributed by atoms with Gasteiger partial charge in [0.05, 0.1) is 36.2 Å². The number of nitrogens with one attached hydrogen (secondary N) is 1. The average molecular weight is 466 g/mol. The van der Waals surface area contributed by atoms with E-state index in [4.69, 9.17) is 9.15 Å². The van der Waals surface area contributed by atoms with Crippen LogP contribution in [0.5, 0.6) is 5.75 Å². The lowest BCUT2D eigenvalue weighted by molar-refractivity contribution is 0.0631. The molecule has 1 N–H and O–H groups in total. The Morgan fingerprint density at radius 2 is 1.63 bits per heavy atom. The maximum Gasteiger partial charge on any atom is 0.261 e. The minimum atomic E-state index is -0.458. The Bertz CT molecular complexity index is 1380. The van der Waals surface area contributed by atoms with Crippen molar-refractivity contribution in [3.8, 4) is 5.75 Å². The molecule has 0 radical (unpaired) electrons. The molecule has 1 aliphatic rings. The van der Waals surface area contributed by atoms with Crippen LogP contribution in [0.2, 0.25) is 0 Å². The van der Waals surface area contributed by atoms with Crippen LogP contribution in [0.1, 0.15) is 42.4 Å². The summed E-state index contributed by atoms with van der Waals surface area (Å²) in [6.45, 7) is 0.492. The highest BCUT2D eigenvalue weighted by Crippen LogP contribution is 2.28. The van der Waals surface area contributed by atoms with Crippen molar-refractivity contribution in [3.63, 3.8) is 0 Å². The van der Waals surface area contributed by atoms with Gasteiger partial charge < -0.3 is 14.5 Å². The van der Waals surface area contributed by atoms with Crippen molar-refractivity contribution in [2.45, 2.75) is 13.0 Å². The largest absolute Gasteiger partial charge is 0.491 e. The van der Waals surface area contributed by atoms with Gasteiger partial charge in [-0.05, 0) is 48.0 Å². The third-order valence-electron chi connectivity index (χ3n) is 5.75. The first-order valence-electron chi connectivity index (χ1n) is 11.2. The highest BCUT2D eigenvalue weighted by atomic mass is 16.5. The van der Waals surface area contributed by atoms with Crippen LogP contribution in [0.15, 0.2) is 95.6 Å². The van der Waals surface area contributed by atoms with Crippen molar-refractivity contribution in [2.75, 3.05) is 11.9 Å². The molecule has 7 nitrogen and oxygen atoms in total. The van der Waals surface area contributed by atoms with E-state index in [1.54, 1.807) is 30.3 Å². The molecule has 0 saturated heterocycles. The van der Waals surface area contributed by atoms with E-state index >= 15 is 0 Å². The fraction of sp³-hybridized carbons (Fsp3) is 0.107. The number of carbonyl (C=O) groups is 3. The predicted molar refractivity (Wildman–Crippen MR) is 129 cm³/mol. The zero-order valence-corrected chi connectivity index (χ0v) is 18.8. The topological polar surface area (TPSA) is 88.8 Å². The molecule has 7 heteroatoms. The summed E-state index contributed by atoms with van der Waals surface area (Å²) >= 11 is 0. The number of amides is 3. The molecule has 0 bridgehead atoms. The number of anilines is 1. The van der Waals surface area contributed by atoms with Gasteiger partial charge in [-0.25, -0.2) is 0 Å². The van der Waals surface area contributed by atoms with Gasteiger partial charge >= 0.3 is 0 Å². The first-order valence-corrected chi connectivity index (χ1v) is 11.2. The smallest absolute Gasteiger partial charge is 0.261 e. The zero-order chi connectivity index (χ0) is 24.2. The van der Waals surface area contributed by atoms with Gasteiger partial charge in [0, 0.05) is 12.0 Å². The molecule has 2 heterocycles. The molecule has 0 saturated carbocycles. The minimum absolute atomic E-state index is 0.0363. The molecule has 0 aliphatic carbocycles. The Kier molecular flexibility index (Phi) is 6.13. The predicted octanol–water partition coefficient (Wildman–Crippen LogP) is 4.95. The Labute approximate surface area is 201 Å². The van der Waals surface area contributed by atoms with Crippen LogP contribution in [0.3, 0.4) is 0 Å². The fourth-order valence-corrected chi connectivity index (χ4v) is 3.95. The number of imide groups is 1. The number of nitrogens with zero attached hydrogens (tertiary/aromatic N) is 1. The van der Waals surface area contributed by atoms with E-state index in [1.165, 1.54) is 24.5 Å². The van der Waals surface area contributed by atoms with Crippen LogP contribution in [0.25, 0.3) is 0 Å². The number of furan rings is 1. The number of benzene rings is 3. The molecule has 1 aliphatic heterocycles. The van der Waals surface area contributed by atoms with Crippen molar-refractivity contribution in [2.24, 2.45) is 0 Å². The summed E-state index contributed by atoms with van der Waals surface area (Å²) in [5.74, 6) is -0.224. The Balaban J connectivity index is 1.28. The van der Waals surface area contributed by atoms with E-state index in [-0.39, 0.29) is 23.2 Å². The molecule has 1 aromatic heterocycles. The number of para-hydroxylation sites is 2. The van der Waals surface area contributed by atoms with E-state index in [9.17, 15) is 14.4 Å². The lowest BCUT2D eigenvalue weighted by Crippen LogP contribution is -2.28. The molecule has 174 valence electrons. The molecule has 4 aromatic rings. The SMILES string of the molecule is O=C(Nc1ccccc1OCCc1ccccc1)c1ccc2c(c1)C(=O)N(Cc1ccco1)C2=O. The second-order valence-electron chi connectivity index (χ2n) is 8.07. The summed E-state index contributed by atoms with van der Waals surface area (Å²) in [6, 6.07) is 25.1. The minimum Gasteiger partial charge on any atom is -0.491 e. The summed E-state index contributed by atoms with van der Waals surface area (Å²) in [7, 11) is 0. The standard InChI is InChI=1S/C28H22N2O5/c31-26(29-24-10-4-5-11-25(24)35-16-14-19-7-2-1-3-8-19)20-12-13-22-23(17-20)28(33)30(27(22)32)18-21-9-6-15-34-21/h1-13,15,17H,14,16,18H2,(H,29,31). The monoisotopic (exact) mass is 466 g/mol. The summed E-state index contributed by atoms with van der Waals surface area (Å²) in [6.07, 6.45) is 2.22. The lowest BCUT2D eigenvalue weighted by Gasteiger charge is -2.13. The number of hydrogen-bond acceptors (Lipinski definition) is 5. The fourth-order valence-electron chi connectivity index (χ4n) is 3.95. The quantitative estimate of drug-likeness (QED) is 0.371. The highest BCUT2D eigenvalue weighted by molar-refractivity contribution is 6.22. The molecule has 3 amide bonds. The van der Waals surface area contributed by atoms with Gasteiger partial charge in [0.25, 0.3) is 17.7 Å². The second kappa shape index (κ2) is 9.69. The number of ether oxygens (including phenoxy) is 1. The van der Waals surface area contributed by atoms with Crippen LogP contribution >= 0.6 is 0 Å². The molecule has 3 aromatic carbocycles. The molecule has 0 atom stereocenters. The number of carbonyl (C=O) groups excluding carboxylic acids is 3.